The topological polar surface area (TPSA) is 86.3 Å². The number of ether oxygens (including phenoxy) is 3. The van der Waals surface area contributed by atoms with Gasteiger partial charge < -0.3 is 20.6 Å². The van der Waals surface area contributed by atoms with Crippen LogP contribution in [0.1, 0.15) is 26.5 Å². The van der Waals surface area contributed by atoms with Gasteiger partial charge >= 0.3 is 29.6 Å². The third-order valence-corrected chi connectivity index (χ3v) is 5.26. The van der Waals surface area contributed by atoms with Crippen LogP contribution in [0.2, 0.25) is 0 Å². The number of hydrogen-bond acceptors (Lipinski definition) is 6. The Morgan fingerprint density at radius 3 is 2.82 bits per heavy atom. The molecule has 3 aromatic rings. The van der Waals surface area contributed by atoms with E-state index in [1.165, 1.54) is 0 Å². The molecule has 2 aromatic heterocycles. The molecule has 146 valence electrons. The molecule has 0 spiro atoms. The normalized spacial score (nSPS) is 13.0. The number of hydrogen-bond donors (Lipinski definition) is 1. The van der Waals surface area contributed by atoms with E-state index in [0.717, 1.165) is 16.6 Å². The number of H-pyrrole nitrogens is 1. The van der Waals surface area contributed by atoms with Gasteiger partial charge in [0.05, 0.1) is 40.4 Å². The Morgan fingerprint density at radius 1 is 1.32 bits per heavy atom. The molecule has 1 aromatic carbocycles. The molecule has 0 aliphatic heterocycles. The Balaban J connectivity index is 0.00000210. The van der Waals surface area contributed by atoms with Crippen molar-refractivity contribution in [2.45, 2.75) is 38.0 Å². The molecule has 3 rings (SSSR count). The van der Waals surface area contributed by atoms with Gasteiger partial charge in [-0.05, 0) is 39.0 Å². The molecule has 2 atom stereocenters. The summed E-state index contributed by atoms with van der Waals surface area (Å²) in [5, 5.41) is 0.411. The van der Waals surface area contributed by atoms with Crippen LogP contribution in [0.15, 0.2) is 35.6 Å². The van der Waals surface area contributed by atoms with Crippen molar-refractivity contribution in [1.29, 1.82) is 0 Å². The van der Waals surface area contributed by atoms with Crippen LogP contribution >= 0.6 is 0 Å². The zero-order chi connectivity index (χ0) is 19.4. The summed E-state index contributed by atoms with van der Waals surface area (Å²) in [4.78, 5) is 11.9. The Hall–Kier alpha value is -1.45. The molecular formula is C19H24N3NaO4S. The Bertz CT molecular complexity index is 970. The summed E-state index contributed by atoms with van der Waals surface area (Å²) >= 11 is 0. The third kappa shape index (κ3) is 5.33. The van der Waals surface area contributed by atoms with E-state index in [2.05, 4.69) is 15.0 Å². The first-order chi connectivity index (χ1) is 13.0. The van der Waals surface area contributed by atoms with Crippen LogP contribution in [-0.4, -0.2) is 39.2 Å². The second-order valence-corrected chi connectivity index (χ2v) is 7.30. The standard InChI is InChI=1S/C19H23N3O4S.Na.H/c1-5-25-13(3)26-18-8-9-20-17(12(18)2)11-27(23)19-21-15-7-6-14(24-4)10-16(15)22-19;;/h6-10,13H,5,11H2,1-4H3,(H,21,22);;/q;+1;-1. The molecule has 1 N–H and O–H groups in total. The number of nitrogens with one attached hydrogen (secondary N) is 1. The van der Waals surface area contributed by atoms with E-state index < -0.39 is 10.8 Å². The van der Waals surface area contributed by atoms with Gasteiger partial charge in [-0.1, -0.05) is 0 Å². The molecule has 9 heteroatoms. The smallest absolute Gasteiger partial charge is 1.00 e. The van der Waals surface area contributed by atoms with Gasteiger partial charge in [0, 0.05) is 24.4 Å². The van der Waals surface area contributed by atoms with Crippen LogP contribution in [0.25, 0.3) is 11.0 Å². The average molecular weight is 413 g/mol. The molecule has 0 radical (unpaired) electrons. The van der Waals surface area contributed by atoms with E-state index in [9.17, 15) is 4.21 Å². The monoisotopic (exact) mass is 413 g/mol. The summed E-state index contributed by atoms with van der Waals surface area (Å²) in [6.07, 6.45) is 1.29. The van der Waals surface area contributed by atoms with E-state index in [0.29, 0.717) is 29.0 Å². The predicted octanol–water partition coefficient (Wildman–Crippen LogP) is 0.461. The first-order valence-corrected chi connectivity index (χ1v) is 9.98. The van der Waals surface area contributed by atoms with Gasteiger partial charge in [0.1, 0.15) is 11.5 Å². The van der Waals surface area contributed by atoms with Crippen molar-refractivity contribution in [3.63, 3.8) is 0 Å². The van der Waals surface area contributed by atoms with Crippen LogP contribution in [0.5, 0.6) is 11.5 Å². The first-order valence-electron chi connectivity index (χ1n) is 8.66. The molecule has 2 heterocycles. The van der Waals surface area contributed by atoms with Crippen molar-refractivity contribution < 1.29 is 49.4 Å². The van der Waals surface area contributed by atoms with Crippen LogP contribution in [0, 0.1) is 6.92 Å². The van der Waals surface area contributed by atoms with Crippen molar-refractivity contribution in [2.24, 2.45) is 0 Å². The molecular weight excluding hydrogens is 389 g/mol. The van der Waals surface area contributed by atoms with Crippen molar-refractivity contribution in [3.05, 3.63) is 41.7 Å². The van der Waals surface area contributed by atoms with Gasteiger partial charge in [0.25, 0.3) is 0 Å². The second-order valence-electron chi connectivity index (χ2n) is 5.94. The number of imidazole rings is 1. The largest absolute Gasteiger partial charge is 1.00 e. The number of nitrogens with zero attached hydrogens (tertiary/aromatic N) is 2. The minimum atomic E-state index is -1.37. The molecule has 0 amide bonds. The molecule has 2 unspecified atom stereocenters. The van der Waals surface area contributed by atoms with Gasteiger partial charge in [-0.15, -0.1) is 0 Å². The molecule has 0 saturated carbocycles. The van der Waals surface area contributed by atoms with Gasteiger partial charge in [0.2, 0.25) is 0 Å². The van der Waals surface area contributed by atoms with E-state index in [-0.39, 0.29) is 43.0 Å². The molecule has 0 aliphatic carbocycles. The number of aromatic amines is 1. The Labute approximate surface area is 190 Å². The third-order valence-electron chi connectivity index (χ3n) is 4.10. The minimum Gasteiger partial charge on any atom is -1.00 e. The van der Waals surface area contributed by atoms with Crippen molar-refractivity contribution in [2.75, 3.05) is 13.7 Å². The summed E-state index contributed by atoms with van der Waals surface area (Å²) in [5.74, 6) is 1.63. The predicted molar refractivity (Wildman–Crippen MR) is 105 cm³/mol. The van der Waals surface area contributed by atoms with Crippen LogP contribution in [-0.2, 0) is 21.3 Å². The van der Waals surface area contributed by atoms with E-state index in [1.807, 2.05) is 39.0 Å². The fourth-order valence-corrected chi connectivity index (χ4v) is 3.77. The van der Waals surface area contributed by atoms with E-state index in [1.54, 1.807) is 19.4 Å². The fraction of sp³-hybridized carbons (Fsp3) is 0.368. The maximum absolute atomic E-state index is 12.8. The van der Waals surface area contributed by atoms with Crippen LogP contribution in [0.3, 0.4) is 0 Å². The minimum absolute atomic E-state index is 0. The number of methoxy groups -OCH3 is 1. The first kappa shape index (κ1) is 22.8. The summed E-state index contributed by atoms with van der Waals surface area (Å²) in [5.41, 5.74) is 3.07. The average Bonchev–Trinajstić information content (AvgIpc) is 3.08. The number of fused-ring (bicyclic) bond motifs is 1. The SMILES string of the molecule is CCOC(C)Oc1ccnc(CS(=O)c2nc3ccc(OC)cc3[nH]2)c1C.[H-].[Na+]. The zero-order valence-electron chi connectivity index (χ0n) is 17.8. The van der Waals surface area contributed by atoms with Crippen molar-refractivity contribution in [3.8, 4) is 11.5 Å². The second kappa shape index (κ2) is 10.4. The molecule has 28 heavy (non-hydrogen) atoms. The summed E-state index contributed by atoms with van der Waals surface area (Å²) in [6, 6.07) is 7.27. The maximum atomic E-state index is 12.8. The van der Waals surface area contributed by atoms with Crippen LogP contribution < -0.4 is 39.0 Å². The Morgan fingerprint density at radius 2 is 2.11 bits per heavy atom. The molecule has 0 fully saturated rings. The summed E-state index contributed by atoms with van der Waals surface area (Å²) in [6.45, 7) is 6.22. The van der Waals surface area contributed by atoms with E-state index >= 15 is 0 Å². The maximum Gasteiger partial charge on any atom is 1.00 e. The van der Waals surface area contributed by atoms with Crippen molar-refractivity contribution in [1.82, 2.24) is 15.0 Å². The number of rotatable bonds is 8. The van der Waals surface area contributed by atoms with Gasteiger partial charge in [0.15, 0.2) is 11.4 Å². The molecule has 0 aliphatic rings. The van der Waals surface area contributed by atoms with Crippen LogP contribution in [0.4, 0.5) is 0 Å². The van der Waals surface area contributed by atoms with Gasteiger partial charge in [-0.3, -0.25) is 9.19 Å². The van der Waals surface area contributed by atoms with Crippen molar-refractivity contribution >= 4 is 21.8 Å². The molecule has 0 bridgehead atoms. The number of aromatic nitrogens is 3. The summed E-state index contributed by atoms with van der Waals surface area (Å²) in [7, 11) is 0.237. The summed E-state index contributed by atoms with van der Waals surface area (Å²) < 4.78 is 29.2. The Kier molecular flexibility index (Phi) is 8.45. The quantitative estimate of drug-likeness (QED) is 0.427. The number of pyridine rings is 1. The van der Waals surface area contributed by atoms with Gasteiger partial charge in [-0.25, -0.2) is 4.98 Å². The molecule has 0 saturated heterocycles. The molecule has 7 nitrogen and oxygen atoms in total. The fourth-order valence-electron chi connectivity index (χ4n) is 2.67. The number of benzene rings is 1. The van der Waals surface area contributed by atoms with Gasteiger partial charge in [-0.2, -0.15) is 0 Å². The zero-order valence-corrected chi connectivity index (χ0v) is 19.6. The van der Waals surface area contributed by atoms with E-state index in [4.69, 9.17) is 14.2 Å².